The Kier molecular flexibility index (Phi) is 5.16. The van der Waals surface area contributed by atoms with E-state index >= 15 is 0 Å². The lowest BCUT2D eigenvalue weighted by molar-refractivity contribution is 0.300. The zero-order valence-corrected chi connectivity index (χ0v) is 15.6. The van der Waals surface area contributed by atoms with Crippen molar-refractivity contribution in [1.82, 2.24) is 0 Å². The molecule has 0 unspecified atom stereocenters. The lowest BCUT2D eigenvalue weighted by atomic mass is 10.0. The molecule has 138 valence electrons. The average molecular weight is 369 g/mol. The van der Waals surface area contributed by atoms with Crippen molar-refractivity contribution in [1.29, 1.82) is 0 Å². The van der Waals surface area contributed by atoms with Gasteiger partial charge >= 0.3 is 0 Å². The van der Waals surface area contributed by atoms with Gasteiger partial charge in [-0.1, -0.05) is 66.7 Å². The van der Waals surface area contributed by atoms with Crippen molar-refractivity contribution in [2.24, 2.45) is 4.99 Å². The minimum absolute atomic E-state index is 0.163. The molecule has 0 saturated carbocycles. The number of ether oxygens (including phenoxy) is 1. The largest absolute Gasteiger partial charge is 0.488 e. The van der Waals surface area contributed by atoms with Crippen molar-refractivity contribution in [3.63, 3.8) is 0 Å². The summed E-state index contributed by atoms with van der Waals surface area (Å²) in [6, 6.07) is 26.7. The number of aryl methyl sites for hydroxylation is 1. The Morgan fingerprint density at radius 2 is 1.61 bits per heavy atom. The first-order valence-corrected chi connectivity index (χ1v) is 9.20. The van der Waals surface area contributed by atoms with Crippen LogP contribution in [0.1, 0.15) is 16.7 Å². The molecule has 0 radical (unpaired) electrons. The van der Waals surface area contributed by atoms with Gasteiger partial charge in [-0.3, -0.25) is 4.99 Å². The van der Waals surface area contributed by atoms with E-state index in [-0.39, 0.29) is 12.4 Å². The average Bonchev–Trinajstić information content (AvgIpc) is 2.73. The maximum absolute atomic E-state index is 14.0. The van der Waals surface area contributed by atoms with E-state index in [0.29, 0.717) is 11.3 Å². The molecule has 0 aromatic heterocycles. The molecule has 0 fully saturated rings. The number of fused-ring (bicyclic) bond motifs is 1. The summed E-state index contributed by atoms with van der Waals surface area (Å²) in [7, 11) is 0. The van der Waals surface area contributed by atoms with Gasteiger partial charge in [-0.05, 0) is 41.5 Å². The third-order valence-corrected chi connectivity index (χ3v) is 4.72. The molecule has 0 amide bonds. The second-order valence-corrected chi connectivity index (χ2v) is 6.62. The van der Waals surface area contributed by atoms with Gasteiger partial charge in [-0.25, -0.2) is 4.39 Å². The normalized spacial score (nSPS) is 11.2. The van der Waals surface area contributed by atoms with Gasteiger partial charge in [-0.15, -0.1) is 0 Å². The Morgan fingerprint density at radius 1 is 0.857 bits per heavy atom. The number of para-hydroxylation sites is 1. The highest BCUT2D eigenvalue weighted by Gasteiger charge is 2.09. The lowest BCUT2D eigenvalue weighted by Gasteiger charge is -2.12. The highest BCUT2D eigenvalue weighted by Crippen LogP contribution is 2.29. The molecule has 3 heteroatoms. The van der Waals surface area contributed by atoms with E-state index in [0.717, 1.165) is 27.6 Å². The number of benzene rings is 4. The Bertz CT molecular complexity index is 1150. The van der Waals surface area contributed by atoms with Crippen LogP contribution in [0.2, 0.25) is 0 Å². The third kappa shape index (κ3) is 3.79. The highest BCUT2D eigenvalue weighted by molar-refractivity contribution is 6.03. The number of rotatable bonds is 5. The minimum atomic E-state index is -0.265. The maximum atomic E-state index is 14.0. The number of aliphatic imine (C=N–C) groups is 1. The maximum Gasteiger partial charge on any atom is 0.129 e. The van der Waals surface area contributed by atoms with Gasteiger partial charge in [0.1, 0.15) is 18.2 Å². The van der Waals surface area contributed by atoms with Crippen LogP contribution >= 0.6 is 0 Å². The van der Waals surface area contributed by atoms with Gasteiger partial charge in [0.2, 0.25) is 0 Å². The van der Waals surface area contributed by atoms with Crippen LogP contribution in [-0.2, 0) is 6.61 Å². The first kappa shape index (κ1) is 17.9. The SMILES string of the molecule is Cc1ccccc1N=Cc1c(OCc2ccccc2F)ccc2ccccc12. The molecule has 4 aromatic rings. The molecule has 0 aliphatic rings. The van der Waals surface area contributed by atoms with Gasteiger partial charge in [-0.2, -0.15) is 0 Å². The second kappa shape index (κ2) is 8.05. The molecule has 28 heavy (non-hydrogen) atoms. The van der Waals surface area contributed by atoms with E-state index in [2.05, 4.69) is 11.1 Å². The predicted octanol–water partition coefficient (Wildman–Crippen LogP) is 6.62. The van der Waals surface area contributed by atoms with Gasteiger partial charge in [0.25, 0.3) is 0 Å². The fraction of sp³-hybridized carbons (Fsp3) is 0.0800. The Balaban J connectivity index is 1.73. The van der Waals surface area contributed by atoms with Gasteiger partial charge in [0.15, 0.2) is 0 Å². The number of halogens is 1. The monoisotopic (exact) mass is 369 g/mol. The van der Waals surface area contributed by atoms with Crippen molar-refractivity contribution >= 4 is 22.7 Å². The van der Waals surface area contributed by atoms with Crippen LogP contribution in [0.4, 0.5) is 10.1 Å². The molecule has 0 aliphatic heterocycles. The molecule has 0 heterocycles. The van der Waals surface area contributed by atoms with E-state index in [1.807, 2.05) is 73.8 Å². The smallest absolute Gasteiger partial charge is 0.129 e. The van der Waals surface area contributed by atoms with E-state index in [4.69, 9.17) is 4.74 Å². The van der Waals surface area contributed by atoms with Crippen LogP contribution in [0.15, 0.2) is 89.9 Å². The molecule has 4 aromatic carbocycles. The first-order chi connectivity index (χ1) is 13.7. The van der Waals surface area contributed by atoms with Gasteiger partial charge in [0, 0.05) is 17.3 Å². The molecule has 2 nitrogen and oxygen atoms in total. The van der Waals surface area contributed by atoms with Crippen LogP contribution in [-0.4, -0.2) is 6.21 Å². The fourth-order valence-electron chi connectivity index (χ4n) is 3.15. The molecule has 4 rings (SSSR count). The molecule has 0 atom stereocenters. The van der Waals surface area contributed by atoms with Crippen molar-refractivity contribution in [2.45, 2.75) is 13.5 Å². The van der Waals surface area contributed by atoms with Crippen molar-refractivity contribution < 1.29 is 9.13 Å². The van der Waals surface area contributed by atoms with Crippen LogP contribution in [0.3, 0.4) is 0 Å². The summed E-state index contributed by atoms with van der Waals surface area (Å²) in [4.78, 5) is 4.68. The van der Waals surface area contributed by atoms with Gasteiger partial charge in [0.05, 0.1) is 5.69 Å². The molecule has 0 N–H and O–H groups in total. The topological polar surface area (TPSA) is 21.6 Å². The van der Waals surface area contributed by atoms with E-state index in [1.165, 1.54) is 6.07 Å². The van der Waals surface area contributed by atoms with E-state index in [9.17, 15) is 4.39 Å². The third-order valence-electron chi connectivity index (χ3n) is 4.72. The minimum Gasteiger partial charge on any atom is -0.488 e. The Labute approximate surface area is 163 Å². The van der Waals surface area contributed by atoms with Gasteiger partial charge < -0.3 is 4.74 Å². The standard InChI is InChI=1S/C25H20FNO/c1-18-8-2-7-13-24(18)27-16-22-21-11-5-3-9-19(21)14-15-25(22)28-17-20-10-4-6-12-23(20)26/h2-16H,17H2,1H3. The van der Waals surface area contributed by atoms with E-state index in [1.54, 1.807) is 12.1 Å². The highest BCUT2D eigenvalue weighted by atomic mass is 19.1. The van der Waals surface area contributed by atoms with E-state index < -0.39 is 0 Å². The Morgan fingerprint density at radius 3 is 2.46 bits per heavy atom. The van der Waals surface area contributed by atoms with Crippen LogP contribution in [0, 0.1) is 12.7 Å². The summed E-state index contributed by atoms with van der Waals surface area (Å²) in [6.07, 6.45) is 1.83. The zero-order chi connectivity index (χ0) is 19.3. The molecular weight excluding hydrogens is 349 g/mol. The fourth-order valence-corrected chi connectivity index (χ4v) is 3.15. The molecule has 0 aliphatic carbocycles. The number of hydrogen-bond acceptors (Lipinski definition) is 2. The summed E-state index contributed by atoms with van der Waals surface area (Å²) in [5.74, 6) is 0.415. The quantitative estimate of drug-likeness (QED) is 0.362. The first-order valence-electron chi connectivity index (χ1n) is 9.20. The second-order valence-electron chi connectivity index (χ2n) is 6.62. The molecule has 0 bridgehead atoms. The summed E-state index contributed by atoms with van der Waals surface area (Å²) in [5.41, 5.74) is 3.43. The molecule has 0 spiro atoms. The molecule has 0 saturated heterocycles. The zero-order valence-electron chi connectivity index (χ0n) is 15.6. The summed E-state index contributed by atoms with van der Waals surface area (Å²) in [6.45, 7) is 2.20. The summed E-state index contributed by atoms with van der Waals surface area (Å²) < 4.78 is 20.0. The number of nitrogens with zero attached hydrogens (tertiary/aromatic N) is 1. The predicted molar refractivity (Wildman–Crippen MR) is 113 cm³/mol. The lowest BCUT2D eigenvalue weighted by Crippen LogP contribution is -2.01. The van der Waals surface area contributed by atoms with Crippen molar-refractivity contribution in [3.05, 3.63) is 107 Å². The van der Waals surface area contributed by atoms with Crippen LogP contribution < -0.4 is 4.74 Å². The van der Waals surface area contributed by atoms with Crippen molar-refractivity contribution in [3.8, 4) is 5.75 Å². The number of hydrogen-bond donors (Lipinski definition) is 0. The van der Waals surface area contributed by atoms with Crippen LogP contribution in [0.25, 0.3) is 10.8 Å². The summed E-state index contributed by atoms with van der Waals surface area (Å²) in [5, 5.41) is 2.15. The Hall–Kier alpha value is -3.46. The summed E-state index contributed by atoms with van der Waals surface area (Å²) >= 11 is 0. The van der Waals surface area contributed by atoms with Crippen LogP contribution in [0.5, 0.6) is 5.75 Å². The van der Waals surface area contributed by atoms with Crippen molar-refractivity contribution in [2.75, 3.05) is 0 Å². The molecular formula is C25H20FNO.